The fraction of sp³-hybridized carbons (Fsp3) is 1.00. The van der Waals surface area contributed by atoms with Crippen LogP contribution in [0.5, 0.6) is 0 Å². The van der Waals surface area contributed by atoms with Crippen LogP contribution in [-0.2, 0) is 0 Å². The zero-order chi connectivity index (χ0) is 11.2. The van der Waals surface area contributed by atoms with Crippen molar-refractivity contribution >= 4 is 11.8 Å². The van der Waals surface area contributed by atoms with Crippen molar-refractivity contribution in [3.63, 3.8) is 0 Å². The van der Waals surface area contributed by atoms with Gasteiger partial charge >= 0.3 is 0 Å². The summed E-state index contributed by atoms with van der Waals surface area (Å²) in [6.07, 6.45) is 10.1. The van der Waals surface area contributed by atoms with Crippen molar-refractivity contribution in [2.75, 3.05) is 18.1 Å². The summed E-state index contributed by atoms with van der Waals surface area (Å²) in [6.45, 7) is 3.66. The molecule has 2 fully saturated rings. The molecule has 2 heteroatoms. The lowest BCUT2D eigenvalue weighted by Gasteiger charge is -2.33. The Morgan fingerprint density at radius 2 is 1.81 bits per heavy atom. The SMILES string of the molecule is CCC1CCCCC1NCC1CCSCC1. The van der Waals surface area contributed by atoms with Gasteiger partial charge in [-0.2, -0.15) is 11.8 Å². The topological polar surface area (TPSA) is 12.0 Å². The molecule has 1 saturated carbocycles. The van der Waals surface area contributed by atoms with Gasteiger partial charge in [-0.1, -0.05) is 26.2 Å². The van der Waals surface area contributed by atoms with E-state index in [-0.39, 0.29) is 0 Å². The second-order valence-corrected chi connectivity index (χ2v) is 6.75. The van der Waals surface area contributed by atoms with Crippen molar-refractivity contribution < 1.29 is 0 Å². The lowest BCUT2D eigenvalue weighted by atomic mass is 9.82. The molecule has 1 saturated heterocycles. The maximum Gasteiger partial charge on any atom is 0.00953 e. The van der Waals surface area contributed by atoms with Crippen molar-refractivity contribution in [1.82, 2.24) is 5.32 Å². The van der Waals surface area contributed by atoms with E-state index in [0.717, 1.165) is 17.9 Å². The summed E-state index contributed by atoms with van der Waals surface area (Å²) < 4.78 is 0. The van der Waals surface area contributed by atoms with Crippen molar-refractivity contribution in [1.29, 1.82) is 0 Å². The average Bonchev–Trinajstić information content (AvgIpc) is 2.38. The Balaban J connectivity index is 1.70. The Morgan fingerprint density at radius 1 is 1.06 bits per heavy atom. The minimum absolute atomic E-state index is 0.841. The Morgan fingerprint density at radius 3 is 2.56 bits per heavy atom. The van der Waals surface area contributed by atoms with Gasteiger partial charge in [-0.3, -0.25) is 0 Å². The highest BCUT2D eigenvalue weighted by molar-refractivity contribution is 7.99. The average molecular weight is 241 g/mol. The molecule has 16 heavy (non-hydrogen) atoms. The van der Waals surface area contributed by atoms with E-state index in [9.17, 15) is 0 Å². The molecule has 0 bridgehead atoms. The monoisotopic (exact) mass is 241 g/mol. The molecule has 2 aliphatic rings. The van der Waals surface area contributed by atoms with Crippen LogP contribution in [0.3, 0.4) is 0 Å². The van der Waals surface area contributed by atoms with Crippen LogP contribution in [-0.4, -0.2) is 24.1 Å². The minimum Gasteiger partial charge on any atom is -0.313 e. The predicted molar refractivity (Wildman–Crippen MR) is 74.1 cm³/mol. The van der Waals surface area contributed by atoms with E-state index in [4.69, 9.17) is 0 Å². The van der Waals surface area contributed by atoms with Gasteiger partial charge in [-0.25, -0.2) is 0 Å². The highest BCUT2D eigenvalue weighted by Gasteiger charge is 2.24. The molecule has 0 radical (unpaired) electrons. The third-order valence-electron chi connectivity index (χ3n) is 4.44. The normalized spacial score (nSPS) is 32.8. The molecule has 1 heterocycles. The summed E-state index contributed by atoms with van der Waals surface area (Å²) in [5, 5.41) is 3.88. The second kappa shape index (κ2) is 6.90. The summed E-state index contributed by atoms with van der Waals surface area (Å²) in [4.78, 5) is 0. The van der Waals surface area contributed by atoms with E-state index in [1.165, 1.54) is 63.0 Å². The van der Waals surface area contributed by atoms with E-state index < -0.39 is 0 Å². The molecular weight excluding hydrogens is 214 g/mol. The third kappa shape index (κ3) is 3.66. The standard InChI is InChI=1S/C14H27NS/c1-2-13-5-3-4-6-14(13)15-11-12-7-9-16-10-8-12/h12-15H,2-11H2,1H3. The first-order valence-electron chi connectivity index (χ1n) is 7.21. The highest BCUT2D eigenvalue weighted by Crippen LogP contribution is 2.28. The van der Waals surface area contributed by atoms with Crippen molar-refractivity contribution in [3.05, 3.63) is 0 Å². The quantitative estimate of drug-likeness (QED) is 0.805. The van der Waals surface area contributed by atoms with Crippen molar-refractivity contribution in [2.24, 2.45) is 11.8 Å². The second-order valence-electron chi connectivity index (χ2n) is 5.52. The largest absolute Gasteiger partial charge is 0.313 e. The number of hydrogen-bond acceptors (Lipinski definition) is 2. The first-order valence-corrected chi connectivity index (χ1v) is 8.36. The first kappa shape index (κ1) is 12.8. The molecule has 0 aromatic heterocycles. The Kier molecular flexibility index (Phi) is 5.51. The number of nitrogens with one attached hydrogen (secondary N) is 1. The van der Waals surface area contributed by atoms with E-state index >= 15 is 0 Å². The highest BCUT2D eigenvalue weighted by atomic mass is 32.2. The maximum absolute atomic E-state index is 3.88. The van der Waals surface area contributed by atoms with Gasteiger partial charge < -0.3 is 5.32 Å². The van der Waals surface area contributed by atoms with E-state index in [1.54, 1.807) is 0 Å². The van der Waals surface area contributed by atoms with Crippen LogP contribution < -0.4 is 5.32 Å². The molecule has 2 rings (SSSR count). The van der Waals surface area contributed by atoms with Crippen LogP contribution in [0, 0.1) is 11.8 Å². The predicted octanol–water partition coefficient (Wildman–Crippen LogP) is 3.69. The van der Waals surface area contributed by atoms with Crippen LogP contribution in [0.4, 0.5) is 0 Å². The Labute approximate surface area is 105 Å². The fourth-order valence-electron chi connectivity index (χ4n) is 3.23. The van der Waals surface area contributed by atoms with Gasteiger partial charge in [0, 0.05) is 6.04 Å². The molecule has 0 aromatic rings. The molecule has 2 atom stereocenters. The van der Waals surface area contributed by atoms with Crippen molar-refractivity contribution in [3.8, 4) is 0 Å². The zero-order valence-electron chi connectivity index (χ0n) is 10.7. The van der Waals surface area contributed by atoms with Gasteiger partial charge in [0.2, 0.25) is 0 Å². The zero-order valence-corrected chi connectivity index (χ0v) is 11.5. The van der Waals surface area contributed by atoms with Crippen LogP contribution in [0.1, 0.15) is 51.9 Å². The summed E-state index contributed by atoms with van der Waals surface area (Å²) in [5.41, 5.74) is 0. The lowest BCUT2D eigenvalue weighted by molar-refractivity contribution is 0.243. The summed E-state index contributed by atoms with van der Waals surface area (Å²) in [7, 11) is 0. The fourth-order valence-corrected chi connectivity index (χ4v) is 4.44. The van der Waals surface area contributed by atoms with Crippen LogP contribution in [0.15, 0.2) is 0 Å². The molecule has 0 aromatic carbocycles. The molecular formula is C14H27NS. The number of thioether (sulfide) groups is 1. The third-order valence-corrected chi connectivity index (χ3v) is 5.49. The minimum atomic E-state index is 0.841. The van der Waals surface area contributed by atoms with Gasteiger partial charge in [-0.15, -0.1) is 0 Å². The molecule has 0 spiro atoms. The Hall–Kier alpha value is 0.310. The molecule has 94 valence electrons. The number of hydrogen-bond donors (Lipinski definition) is 1. The van der Waals surface area contributed by atoms with E-state index in [0.29, 0.717) is 0 Å². The van der Waals surface area contributed by atoms with Crippen LogP contribution in [0.2, 0.25) is 0 Å². The lowest BCUT2D eigenvalue weighted by Crippen LogP contribution is -2.41. The van der Waals surface area contributed by atoms with Gasteiger partial charge in [0.05, 0.1) is 0 Å². The maximum atomic E-state index is 3.88. The smallest absolute Gasteiger partial charge is 0.00953 e. The molecule has 1 aliphatic heterocycles. The molecule has 1 nitrogen and oxygen atoms in total. The number of rotatable bonds is 4. The Bertz CT molecular complexity index is 189. The van der Waals surface area contributed by atoms with Crippen LogP contribution >= 0.6 is 11.8 Å². The van der Waals surface area contributed by atoms with Gasteiger partial charge in [-0.05, 0) is 55.6 Å². The molecule has 1 N–H and O–H groups in total. The van der Waals surface area contributed by atoms with Crippen molar-refractivity contribution in [2.45, 2.75) is 57.9 Å². The molecule has 2 unspecified atom stereocenters. The van der Waals surface area contributed by atoms with E-state index in [2.05, 4.69) is 24.0 Å². The molecule has 0 amide bonds. The van der Waals surface area contributed by atoms with Crippen LogP contribution in [0.25, 0.3) is 0 Å². The van der Waals surface area contributed by atoms with E-state index in [1.807, 2.05) is 0 Å². The molecule has 1 aliphatic carbocycles. The first-order chi connectivity index (χ1) is 7.90. The van der Waals surface area contributed by atoms with Gasteiger partial charge in [0.25, 0.3) is 0 Å². The summed E-state index contributed by atoms with van der Waals surface area (Å²) in [5.74, 6) is 4.73. The summed E-state index contributed by atoms with van der Waals surface area (Å²) in [6, 6.07) is 0.841. The summed E-state index contributed by atoms with van der Waals surface area (Å²) >= 11 is 2.14. The van der Waals surface area contributed by atoms with Gasteiger partial charge in [0.1, 0.15) is 0 Å². The van der Waals surface area contributed by atoms with Gasteiger partial charge in [0.15, 0.2) is 0 Å².